The lowest BCUT2D eigenvalue weighted by atomic mass is 9.83. The maximum atomic E-state index is 10.5. The summed E-state index contributed by atoms with van der Waals surface area (Å²) in [5.41, 5.74) is 11.9. The van der Waals surface area contributed by atoms with Crippen molar-refractivity contribution in [2.24, 2.45) is 21.7 Å². The molecule has 1 aliphatic rings. The molecule has 0 fully saturated rings. The van der Waals surface area contributed by atoms with E-state index in [4.69, 9.17) is 11.5 Å². The highest BCUT2D eigenvalue weighted by Crippen LogP contribution is 2.27. The molecule has 0 radical (unpaired) electrons. The Labute approximate surface area is 106 Å². The number of fused-ring (bicyclic) bond motifs is 1. The Morgan fingerprint density at radius 2 is 2.00 bits per heavy atom. The average Bonchev–Trinajstić information content (AvgIpc) is 2.35. The molecule has 0 bridgehead atoms. The fourth-order valence-electron chi connectivity index (χ4n) is 1.90. The van der Waals surface area contributed by atoms with E-state index >= 15 is 0 Å². The van der Waals surface area contributed by atoms with Crippen molar-refractivity contribution in [2.75, 3.05) is 0 Å². The van der Waals surface area contributed by atoms with Gasteiger partial charge in [0.05, 0.1) is 5.71 Å². The molecule has 5 heteroatoms. The van der Waals surface area contributed by atoms with Gasteiger partial charge < -0.3 is 16.6 Å². The molecule has 5 nitrogen and oxygen atoms in total. The van der Waals surface area contributed by atoms with Crippen LogP contribution < -0.4 is 11.5 Å². The monoisotopic (exact) mass is 244 g/mol. The second-order valence-electron chi connectivity index (χ2n) is 4.34. The number of rotatable bonds is 2. The first-order chi connectivity index (χ1) is 8.51. The molecular weight excluding hydrogens is 228 g/mol. The zero-order valence-electron chi connectivity index (χ0n) is 10.2. The molecule has 0 aliphatic heterocycles. The Bertz CT molecular complexity index is 544. The third-order valence-corrected chi connectivity index (χ3v) is 3.00. The van der Waals surface area contributed by atoms with Crippen LogP contribution in [0.3, 0.4) is 0 Å². The van der Waals surface area contributed by atoms with Crippen LogP contribution in [0.15, 0.2) is 40.5 Å². The topological polar surface area (TPSA) is 97.0 Å². The molecule has 0 saturated carbocycles. The van der Waals surface area contributed by atoms with Crippen molar-refractivity contribution in [1.82, 2.24) is 0 Å². The van der Waals surface area contributed by atoms with Gasteiger partial charge in [-0.15, -0.1) is 5.10 Å². The summed E-state index contributed by atoms with van der Waals surface area (Å²) in [6, 6.07) is 7.90. The average molecular weight is 244 g/mol. The molecule has 5 N–H and O–H groups in total. The first kappa shape index (κ1) is 12.3. The van der Waals surface area contributed by atoms with Gasteiger partial charge in [-0.05, 0) is 24.1 Å². The Morgan fingerprint density at radius 3 is 2.72 bits per heavy atom. The largest absolute Gasteiger partial charge is 0.379 e. The molecular formula is C13H16N4O. The molecule has 18 heavy (non-hydrogen) atoms. The zero-order chi connectivity index (χ0) is 13.2. The van der Waals surface area contributed by atoms with Crippen LogP contribution in [0, 0.1) is 0 Å². The highest BCUT2D eigenvalue weighted by Gasteiger charge is 2.31. The van der Waals surface area contributed by atoms with Crippen LogP contribution >= 0.6 is 0 Å². The summed E-state index contributed by atoms with van der Waals surface area (Å²) < 4.78 is 0. The van der Waals surface area contributed by atoms with Gasteiger partial charge in [-0.1, -0.05) is 30.3 Å². The fourth-order valence-corrected chi connectivity index (χ4v) is 1.90. The van der Waals surface area contributed by atoms with Crippen LogP contribution in [0.5, 0.6) is 0 Å². The van der Waals surface area contributed by atoms with Crippen LogP contribution in [-0.2, 0) is 6.42 Å². The van der Waals surface area contributed by atoms with Gasteiger partial charge in [0, 0.05) is 6.42 Å². The minimum Gasteiger partial charge on any atom is -0.379 e. The number of guanidine groups is 1. The molecule has 1 unspecified atom stereocenters. The van der Waals surface area contributed by atoms with Gasteiger partial charge in [-0.2, -0.15) is 5.10 Å². The zero-order valence-corrected chi connectivity index (χ0v) is 10.2. The summed E-state index contributed by atoms with van der Waals surface area (Å²) in [5.74, 6) is -0.127. The van der Waals surface area contributed by atoms with Gasteiger partial charge in [0.25, 0.3) is 0 Å². The van der Waals surface area contributed by atoms with Gasteiger partial charge in [0.2, 0.25) is 5.96 Å². The van der Waals surface area contributed by atoms with E-state index < -0.39 is 5.60 Å². The van der Waals surface area contributed by atoms with E-state index in [1.54, 1.807) is 13.0 Å². The highest BCUT2D eigenvalue weighted by atomic mass is 16.3. The van der Waals surface area contributed by atoms with Gasteiger partial charge in [-0.25, -0.2) is 0 Å². The molecule has 1 aliphatic carbocycles. The number of nitrogens with two attached hydrogens (primary N) is 2. The minimum absolute atomic E-state index is 0.127. The van der Waals surface area contributed by atoms with Crippen molar-refractivity contribution in [3.63, 3.8) is 0 Å². The van der Waals surface area contributed by atoms with Crippen LogP contribution in [0.4, 0.5) is 0 Å². The third kappa shape index (κ3) is 2.41. The second kappa shape index (κ2) is 4.62. The maximum Gasteiger partial charge on any atom is 0.211 e. The summed E-state index contributed by atoms with van der Waals surface area (Å²) in [5, 5.41) is 17.9. The highest BCUT2D eigenvalue weighted by molar-refractivity contribution is 5.94. The van der Waals surface area contributed by atoms with E-state index in [0.717, 1.165) is 11.1 Å². The summed E-state index contributed by atoms with van der Waals surface area (Å²) in [6.07, 6.45) is 4.07. The predicted molar refractivity (Wildman–Crippen MR) is 73.0 cm³/mol. The van der Waals surface area contributed by atoms with Gasteiger partial charge in [-0.3, -0.25) is 0 Å². The van der Waals surface area contributed by atoms with Crippen molar-refractivity contribution in [2.45, 2.75) is 18.9 Å². The van der Waals surface area contributed by atoms with Crippen molar-refractivity contribution in [3.8, 4) is 0 Å². The molecule has 1 aromatic rings. The second-order valence-corrected chi connectivity index (χ2v) is 4.34. The van der Waals surface area contributed by atoms with Gasteiger partial charge in [0.1, 0.15) is 5.60 Å². The van der Waals surface area contributed by atoms with E-state index in [0.29, 0.717) is 12.1 Å². The molecule has 0 heterocycles. The quantitative estimate of drug-likeness (QED) is 0.404. The van der Waals surface area contributed by atoms with Crippen molar-refractivity contribution >= 4 is 17.7 Å². The van der Waals surface area contributed by atoms with Crippen LogP contribution in [0.25, 0.3) is 6.08 Å². The van der Waals surface area contributed by atoms with Crippen LogP contribution in [-0.4, -0.2) is 22.4 Å². The van der Waals surface area contributed by atoms with Crippen molar-refractivity contribution in [1.29, 1.82) is 0 Å². The lowest BCUT2D eigenvalue weighted by Crippen LogP contribution is -2.39. The predicted octanol–water partition coefficient (Wildman–Crippen LogP) is 0.636. The molecule has 0 aromatic heterocycles. The van der Waals surface area contributed by atoms with E-state index in [1.807, 2.05) is 30.3 Å². The smallest absolute Gasteiger partial charge is 0.211 e. The molecule has 94 valence electrons. The summed E-state index contributed by atoms with van der Waals surface area (Å²) in [4.78, 5) is 0. The Balaban J connectivity index is 2.31. The fraction of sp³-hybridized carbons (Fsp3) is 0.231. The molecule has 0 amide bonds. The van der Waals surface area contributed by atoms with Crippen LogP contribution in [0.2, 0.25) is 0 Å². The third-order valence-electron chi connectivity index (χ3n) is 3.00. The number of benzene rings is 1. The van der Waals surface area contributed by atoms with E-state index in [1.165, 1.54) is 0 Å². The molecule has 1 aromatic carbocycles. The number of hydrogen-bond donors (Lipinski definition) is 3. The maximum absolute atomic E-state index is 10.5. The van der Waals surface area contributed by atoms with E-state index in [2.05, 4.69) is 10.2 Å². The van der Waals surface area contributed by atoms with E-state index in [9.17, 15) is 5.11 Å². The number of nitrogens with zero attached hydrogens (tertiary/aromatic N) is 2. The summed E-state index contributed by atoms with van der Waals surface area (Å²) >= 11 is 0. The van der Waals surface area contributed by atoms with Gasteiger partial charge in [0.15, 0.2) is 0 Å². The Hall–Kier alpha value is -2.14. The molecule has 2 rings (SSSR count). The minimum atomic E-state index is -1.13. The first-order valence-corrected chi connectivity index (χ1v) is 5.64. The van der Waals surface area contributed by atoms with E-state index in [-0.39, 0.29) is 5.96 Å². The van der Waals surface area contributed by atoms with Gasteiger partial charge >= 0.3 is 0 Å². The molecule has 1 atom stereocenters. The summed E-state index contributed by atoms with van der Waals surface area (Å²) in [6.45, 7) is 1.70. The van der Waals surface area contributed by atoms with Crippen molar-refractivity contribution in [3.05, 3.63) is 41.5 Å². The lowest BCUT2D eigenvalue weighted by molar-refractivity contribution is 0.162. The molecule has 0 spiro atoms. The standard InChI is InChI=1S/C13H16N4O/c1-9(16-17-12(14)15)13(18)7-6-10-4-2-3-5-11(10)8-13/h2-7,18H,8H2,1H3,(H4,14,15,17)/b16-9-. The summed E-state index contributed by atoms with van der Waals surface area (Å²) in [7, 11) is 0. The Kier molecular flexibility index (Phi) is 3.16. The SMILES string of the molecule is C/C(=N/N=C(N)N)C1(O)C=Cc2ccccc2C1. The number of hydrogen-bond acceptors (Lipinski definition) is 3. The lowest BCUT2D eigenvalue weighted by Gasteiger charge is -2.28. The first-order valence-electron chi connectivity index (χ1n) is 5.64. The van der Waals surface area contributed by atoms with Crippen molar-refractivity contribution < 1.29 is 5.11 Å². The van der Waals surface area contributed by atoms with Crippen LogP contribution in [0.1, 0.15) is 18.1 Å². The number of aliphatic hydroxyl groups is 1. The normalized spacial score (nSPS) is 22.4. The Morgan fingerprint density at radius 1 is 1.28 bits per heavy atom. The molecule has 0 saturated heterocycles.